The van der Waals surface area contributed by atoms with Crippen LogP contribution < -0.4 is 5.32 Å². The standard InChI is InChI=1S/C52H101NO5/c1-3-5-7-9-11-13-14-15-16-20-23-26-30-34-38-42-46-52(57)58-47-43-39-35-31-27-24-21-18-17-19-22-25-29-33-37-41-45-51(56)53-49(48-54)50(55)44-40-36-32-28-12-10-8-6-4-2/h40,44,49-50,54-55H,3-39,41-43,45-48H2,1-2H3,(H,53,56)/b44-40+. The maximum absolute atomic E-state index is 12.4. The number of amides is 1. The summed E-state index contributed by atoms with van der Waals surface area (Å²) in [6.45, 7) is 4.87. The normalized spacial score (nSPS) is 12.7. The van der Waals surface area contributed by atoms with Crippen LogP contribution in [0, 0.1) is 0 Å². The Labute approximate surface area is 361 Å². The summed E-state index contributed by atoms with van der Waals surface area (Å²) in [4.78, 5) is 24.4. The van der Waals surface area contributed by atoms with E-state index in [1.54, 1.807) is 6.08 Å². The molecule has 0 aromatic heterocycles. The molecule has 0 rings (SSSR count). The Balaban J connectivity index is 3.39. The smallest absolute Gasteiger partial charge is 0.305 e. The van der Waals surface area contributed by atoms with Crippen LogP contribution in [-0.2, 0) is 14.3 Å². The van der Waals surface area contributed by atoms with Crippen LogP contribution in [0.25, 0.3) is 0 Å². The van der Waals surface area contributed by atoms with Crippen molar-refractivity contribution in [1.29, 1.82) is 0 Å². The molecule has 6 heteroatoms. The fourth-order valence-corrected chi connectivity index (χ4v) is 8.05. The Kier molecular flexibility index (Phi) is 47.1. The van der Waals surface area contributed by atoms with Gasteiger partial charge in [-0.1, -0.05) is 251 Å². The summed E-state index contributed by atoms with van der Waals surface area (Å²) in [5, 5.41) is 22.9. The van der Waals surface area contributed by atoms with E-state index < -0.39 is 12.1 Å². The molecule has 58 heavy (non-hydrogen) atoms. The molecule has 0 aromatic rings. The second-order valence-electron chi connectivity index (χ2n) is 17.9. The van der Waals surface area contributed by atoms with Crippen molar-refractivity contribution < 1.29 is 24.5 Å². The molecule has 0 aliphatic heterocycles. The van der Waals surface area contributed by atoms with Gasteiger partial charge in [0, 0.05) is 12.8 Å². The summed E-state index contributed by atoms with van der Waals surface area (Å²) < 4.78 is 5.48. The summed E-state index contributed by atoms with van der Waals surface area (Å²) in [5.74, 6) is -0.0715. The van der Waals surface area contributed by atoms with E-state index >= 15 is 0 Å². The minimum atomic E-state index is -0.845. The van der Waals surface area contributed by atoms with Crippen LogP contribution in [0.15, 0.2) is 12.2 Å². The maximum atomic E-state index is 12.4. The molecule has 344 valence electrons. The van der Waals surface area contributed by atoms with Gasteiger partial charge < -0.3 is 20.3 Å². The number of rotatable bonds is 48. The first-order valence-electron chi connectivity index (χ1n) is 26.0. The molecule has 6 nitrogen and oxygen atoms in total. The van der Waals surface area contributed by atoms with Crippen LogP contribution in [0.2, 0.25) is 0 Å². The highest BCUT2D eigenvalue weighted by atomic mass is 16.5. The zero-order valence-corrected chi connectivity index (χ0v) is 39.0. The number of carbonyl (C=O) groups is 2. The van der Waals surface area contributed by atoms with Crippen molar-refractivity contribution in [3.8, 4) is 0 Å². The van der Waals surface area contributed by atoms with Crippen molar-refractivity contribution in [2.24, 2.45) is 0 Å². The van der Waals surface area contributed by atoms with Gasteiger partial charge in [0.1, 0.15) is 0 Å². The first-order valence-corrected chi connectivity index (χ1v) is 26.0. The van der Waals surface area contributed by atoms with Gasteiger partial charge >= 0.3 is 5.97 Å². The van der Waals surface area contributed by atoms with E-state index in [0.29, 0.717) is 19.4 Å². The predicted molar refractivity (Wildman–Crippen MR) is 250 cm³/mol. The zero-order valence-electron chi connectivity index (χ0n) is 39.0. The summed E-state index contributed by atoms with van der Waals surface area (Å²) in [5.41, 5.74) is 0. The summed E-state index contributed by atoms with van der Waals surface area (Å²) in [7, 11) is 0. The second kappa shape index (κ2) is 48.3. The lowest BCUT2D eigenvalue weighted by Gasteiger charge is -2.20. The number of ether oxygens (including phenoxy) is 1. The lowest BCUT2D eigenvalue weighted by Crippen LogP contribution is -2.45. The van der Waals surface area contributed by atoms with E-state index in [4.69, 9.17) is 4.74 Å². The number of hydrogen-bond donors (Lipinski definition) is 3. The number of aliphatic hydroxyl groups is 2. The molecule has 0 aromatic carbocycles. The van der Waals surface area contributed by atoms with Gasteiger partial charge in [0.15, 0.2) is 0 Å². The van der Waals surface area contributed by atoms with Crippen LogP contribution in [0.1, 0.15) is 284 Å². The van der Waals surface area contributed by atoms with Crippen LogP contribution in [0.5, 0.6) is 0 Å². The zero-order chi connectivity index (χ0) is 42.3. The Hall–Kier alpha value is -1.40. The van der Waals surface area contributed by atoms with Crippen molar-refractivity contribution in [3.63, 3.8) is 0 Å². The van der Waals surface area contributed by atoms with E-state index in [1.807, 2.05) is 6.08 Å². The number of esters is 1. The third-order valence-corrected chi connectivity index (χ3v) is 12.1. The highest BCUT2D eigenvalue weighted by Gasteiger charge is 2.18. The molecule has 0 spiro atoms. The average molecular weight is 820 g/mol. The van der Waals surface area contributed by atoms with Crippen LogP contribution in [-0.4, -0.2) is 47.4 Å². The average Bonchev–Trinajstić information content (AvgIpc) is 3.22. The van der Waals surface area contributed by atoms with Crippen LogP contribution in [0.3, 0.4) is 0 Å². The number of carbonyl (C=O) groups excluding carboxylic acids is 2. The maximum Gasteiger partial charge on any atom is 0.305 e. The van der Waals surface area contributed by atoms with Crippen molar-refractivity contribution in [2.75, 3.05) is 13.2 Å². The van der Waals surface area contributed by atoms with Gasteiger partial charge in [-0.15, -0.1) is 0 Å². The quantitative estimate of drug-likeness (QED) is 0.0323. The van der Waals surface area contributed by atoms with Gasteiger partial charge in [0.05, 0.1) is 25.4 Å². The molecule has 0 saturated heterocycles. The third-order valence-electron chi connectivity index (χ3n) is 12.1. The van der Waals surface area contributed by atoms with E-state index in [2.05, 4.69) is 19.2 Å². The first-order chi connectivity index (χ1) is 28.5. The molecule has 0 heterocycles. The fourth-order valence-electron chi connectivity index (χ4n) is 8.05. The van der Waals surface area contributed by atoms with Gasteiger partial charge in [0.25, 0.3) is 0 Å². The largest absolute Gasteiger partial charge is 0.466 e. The van der Waals surface area contributed by atoms with Crippen LogP contribution in [0.4, 0.5) is 0 Å². The van der Waals surface area contributed by atoms with Gasteiger partial charge in [0.2, 0.25) is 5.91 Å². The molecule has 2 unspecified atom stereocenters. The molecule has 0 radical (unpaired) electrons. The van der Waals surface area contributed by atoms with E-state index in [1.165, 1.54) is 212 Å². The predicted octanol–water partition coefficient (Wildman–Crippen LogP) is 15.3. The highest BCUT2D eigenvalue weighted by molar-refractivity contribution is 5.76. The SMILES string of the molecule is CCCCCCCCC/C=C/C(O)C(CO)NC(=O)CCCCCCCCCCCCCCCCCCOC(=O)CCCCCCCCCCCCCCCCCC. The minimum absolute atomic E-state index is 0.00530. The Morgan fingerprint density at radius 1 is 0.466 bits per heavy atom. The Bertz CT molecular complexity index is 863. The van der Waals surface area contributed by atoms with Crippen molar-refractivity contribution in [2.45, 2.75) is 296 Å². The molecular weight excluding hydrogens is 719 g/mol. The van der Waals surface area contributed by atoms with Crippen molar-refractivity contribution in [3.05, 3.63) is 12.2 Å². The molecule has 2 atom stereocenters. The molecule has 0 aliphatic rings. The topological polar surface area (TPSA) is 95.9 Å². The monoisotopic (exact) mass is 820 g/mol. The Morgan fingerprint density at radius 2 is 0.793 bits per heavy atom. The molecule has 0 fully saturated rings. The van der Waals surface area contributed by atoms with E-state index in [-0.39, 0.29) is 18.5 Å². The number of aliphatic hydroxyl groups excluding tert-OH is 2. The molecular formula is C52H101NO5. The third kappa shape index (κ3) is 44.2. The molecule has 1 amide bonds. The fraction of sp³-hybridized carbons (Fsp3) is 0.923. The van der Waals surface area contributed by atoms with Crippen LogP contribution >= 0.6 is 0 Å². The van der Waals surface area contributed by atoms with Gasteiger partial charge in [-0.2, -0.15) is 0 Å². The Morgan fingerprint density at radius 3 is 1.17 bits per heavy atom. The number of unbranched alkanes of at least 4 members (excludes halogenated alkanes) is 37. The molecule has 0 bridgehead atoms. The summed E-state index contributed by atoms with van der Waals surface area (Å²) in [6.07, 6.45) is 55.1. The van der Waals surface area contributed by atoms with Crippen molar-refractivity contribution in [1.82, 2.24) is 5.32 Å². The number of allylic oxidation sites excluding steroid dienone is 1. The van der Waals surface area contributed by atoms with Crippen molar-refractivity contribution >= 4 is 11.9 Å². The highest BCUT2D eigenvalue weighted by Crippen LogP contribution is 2.16. The summed E-state index contributed by atoms with van der Waals surface area (Å²) in [6, 6.07) is -0.629. The molecule has 0 aliphatic carbocycles. The summed E-state index contributed by atoms with van der Waals surface area (Å²) >= 11 is 0. The minimum Gasteiger partial charge on any atom is -0.466 e. The lowest BCUT2D eigenvalue weighted by atomic mass is 10.0. The van der Waals surface area contributed by atoms with Gasteiger partial charge in [-0.25, -0.2) is 0 Å². The van der Waals surface area contributed by atoms with Gasteiger partial charge in [-0.05, 0) is 32.1 Å². The number of hydrogen-bond acceptors (Lipinski definition) is 5. The first kappa shape index (κ1) is 56.6. The number of nitrogens with one attached hydrogen (secondary N) is 1. The van der Waals surface area contributed by atoms with E-state index in [9.17, 15) is 19.8 Å². The van der Waals surface area contributed by atoms with Gasteiger partial charge in [-0.3, -0.25) is 9.59 Å². The lowest BCUT2D eigenvalue weighted by molar-refractivity contribution is -0.143. The molecule has 0 saturated carbocycles. The van der Waals surface area contributed by atoms with E-state index in [0.717, 1.165) is 44.9 Å². The second-order valence-corrected chi connectivity index (χ2v) is 17.9. The molecule has 3 N–H and O–H groups in total.